The van der Waals surface area contributed by atoms with E-state index in [1.165, 1.54) is 0 Å². The fourth-order valence-corrected chi connectivity index (χ4v) is 8.94. The number of hydrogen-bond acceptors (Lipinski definition) is 6. The third kappa shape index (κ3) is 5.01. The van der Waals surface area contributed by atoms with Crippen LogP contribution >= 0.6 is 11.8 Å². The van der Waals surface area contributed by atoms with Gasteiger partial charge in [-0.05, 0) is 55.8 Å². The van der Waals surface area contributed by atoms with E-state index in [0.717, 1.165) is 76.0 Å². The van der Waals surface area contributed by atoms with E-state index in [4.69, 9.17) is 9.47 Å². The lowest BCUT2D eigenvalue weighted by Gasteiger charge is -2.63. The first-order valence-electron chi connectivity index (χ1n) is 13.9. The highest BCUT2D eigenvalue weighted by Crippen LogP contribution is 2.62. The zero-order chi connectivity index (χ0) is 24.6. The van der Waals surface area contributed by atoms with Gasteiger partial charge in [0.05, 0.1) is 25.4 Å². The second-order valence-electron chi connectivity index (χ2n) is 12.1. The number of carbonyl (C=O) groups is 2. The largest absolute Gasteiger partial charge is 0.393 e. The number of hydrogen-bond donors (Lipinski definition) is 2. The Morgan fingerprint density at radius 3 is 2.54 bits per heavy atom. The van der Waals surface area contributed by atoms with Gasteiger partial charge in [0.25, 0.3) is 0 Å². The van der Waals surface area contributed by atoms with E-state index in [2.05, 4.69) is 19.2 Å². The molecule has 5 rings (SSSR count). The molecule has 3 aliphatic carbocycles. The third-order valence-electron chi connectivity index (χ3n) is 10.2. The minimum absolute atomic E-state index is 0.0236. The molecule has 3 saturated carbocycles. The van der Waals surface area contributed by atoms with Gasteiger partial charge in [-0.2, -0.15) is 11.8 Å². The summed E-state index contributed by atoms with van der Waals surface area (Å²) >= 11 is 1.91. The Kier molecular flexibility index (Phi) is 7.74. The second-order valence-corrected chi connectivity index (χ2v) is 13.4. The van der Waals surface area contributed by atoms with Crippen molar-refractivity contribution in [2.75, 3.05) is 37.7 Å². The Labute approximate surface area is 214 Å². The minimum Gasteiger partial charge on any atom is -0.393 e. The number of rotatable bonds is 5. The Balaban J connectivity index is 1.23. The predicted octanol–water partition coefficient (Wildman–Crippen LogP) is 3.19. The average Bonchev–Trinajstić information content (AvgIpc) is 3.40. The molecular formula is C27H44N2O5S. The van der Waals surface area contributed by atoms with Gasteiger partial charge in [-0.3, -0.25) is 9.59 Å². The van der Waals surface area contributed by atoms with E-state index >= 15 is 0 Å². The first-order valence-corrected chi connectivity index (χ1v) is 15.0. The molecule has 5 fully saturated rings. The van der Waals surface area contributed by atoms with Gasteiger partial charge >= 0.3 is 0 Å². The quantitative estimate of drug-likeness (QED) is 0.593. The van der Waals surface area contributed by atoms with Crippen LogP contribution in [-0.2, 0) is 19.1 Å². The van der Waals surface area contributed by atoms with Gasteiger partial charge in [0.1, 0.15) is 0 Å². The van der Waals surface area contributed by atoms with E-state index in [9.17, 15) is 14.7 Å². The molecule has 2 amide bonds. The van der Waals surface area contributed by atoms with Crippen molar-refractivity contribution in [2.45, 2.75) is 90.1 Å². The van der Waals surface area contributed by atoms with Gasteiger partial charge in [-0.1, -0.05) is 26.7 Å². The Morgan fingerprint density at radius 1 is 1.06 bits per heavy atom. The Bertz CT molecular complexity index is 786. The molecule has 7 unspecified atom stereocenters. The number of aliphatic hydroxyl groups excluding tert-OH is 1. The van der Waals surface area contributed by atoms with Crippen LogP contribution in [0.3, 0.4) is 0 Å². The third-order valence-corrected chi connectivity index (χ3v) is 11.1. The molecule has 2 aliphatic heterocycles. The highest BCUT2D eigenvalue weighted by Gasteiger charge is 2.61. The molecule has 2 N–H and O–H groups in total. The predicted molar refractivity (Wildman–Crippen MR) is 136 cm³/mol. The zero-order valence-electron chi connectivity index (χ0n) is 21.5. The van der Waals surface area contributed by atoms with Gasteiger partial charge in [-0.25, -0.2) is 0 Å². The lowest BCUT2D eigenvalue weighted by atomic mass is 9.46. The van der Waals surface area contributed by atoms with Gasteiger partial charge in [0.2, 0.25) is 11.8 Å². The molecule has 7 atom stereocenters. The summed E-state index contributed by atoms with van der Waals surface area (Å²) in [5.74, 6) is 2.82. The lowest BCUT2D eigenvalue weighted by molar-refractivity contribution is -0.306. The van der Waals surface area contributed by atoms with Crippen molar-refractivity contribution in [3.63, 3.8) is 0 Å². The molecule has 2 saturated heterocycles. The number of amides is 2. The normalized spacial score (nSPS) is 42.3. The van der Waals surface area contributed by atoms with Crippen molar-refractivity contribution in [2.24, 2.45) is 28.6 Å². The van der Waals surface area contributed by atoms with E-state index in [0.29, 0.717) is 25.5 Å². The zero-order valence-corrected chi connectivity index (χ0v) is 22.3. The molecule has 0 aromatic heterocycles. The number of ether oxygens (including phenoxy) is 2. The number of nitrogens with one attached hydrogen (secondary N) is 1. The first-order chi connectivity index (χ1) is 16.8. The second kappa shape index (κ2) is 10.5. The number of nitrogens with zero attached hydrogens (tertiary/aromatic N) is 1. The van der Waals surface area contributed by atoms with Gasteiger partial charge in [-0.15, -0.1) is 0 Å². The molecule has 198 valence electrons. The van der Waals surface area contributed by atoms with Crippen LogP contribution in [0.25, 0.3) is 0 Å². The van der Waals surface area contributed by atoms with Crippen LogP contribution in [0, 0.1) is 28.6 Å². The Morgan fingerprint density at radius 2 is 1.80 bits per heavy atom. The van der Waals surface area contributed by atoms with Gasteiger partial charge in [0, 0.05) is 42.3 Å². The SMILES string of the molecule is CC12COC(CNC(=O)C3CCCC3)OC1CCC1(C)C(CC(=O)N3CCSCC3)C(O)CCC21. The van der Waals surface area contributed by atoms with Crippen LogP contribution in [-0.4, -0.2) is 78.1 Å². The minimum atomic E-state index is -0.427. The van der Waals surface area contributed by atoms with Crippen LogP contribution in [0.15, 0.2) is 0 Å². The molecule has 0 aromatic carbocycles. The maximum atomic E-state index is 13.2. The Hall–Kier alpha value is -0.830. The van der Waals surface area contributed by atoms with E-state index in [1.54, 1.807) is 0 Å². The van der Waals surface area contributed by atoms with Crippen molar-refractivity contribution in [1.82, 2.24) is 10.2 Å². The number of thioether (sulfide) groups is 1. The fraction of sp³-hybridized carbons (Fsp3) is 0.926. The summed E-state index contributed by atoms with van der Waals surface area (Å²) in [6, 6.07) is 0. The first kappa shape index (κ1) is 25.8. The highest BCUT2D eigenvalue weighted by molar-refractivity contribution is 7.99. The molecule has 35 heavy (non-hydrogen) atoms. The summed E-state index contributed by atoms with van der Waals surface area (Å²) in [5.41, 5.74) is -0.262. The van der Waals surface area contributed by atoms with E-state index < -0.39 is 12.4 Å². The lowest BCUT2D eigenvalue weighted by Crippen LogP contribution is -2.63. The number of carbonyl (C=O) groups excluding carboxylic acids is 2. The molecule has 2 heterocycles. The van der Waals surface area contributed by atoms with Crippen molar-refractivity contribution < 1.29 is 24.2 Å². The summed E-state index contributed by atoms with van der Waals surface area (Å²) in [5, 5.41) is 14.1. The number of fused-ring (bicyclic) bond motifs is 3. The van der Waals surface area contributed by atoms with Crippen molar-refractivity contribution >= 4 is 23.6 Å². The monoisotopic (exact) mass is 508 g/mol. The maximum Gasteiger partial charge on any atom is 0.223 e. The molecular weight excluding hydrogens is 464 g/mol. The molecule has 0 bridgehead atoms. The molecule has 0 spiro atoms. The highest BCUT2D eigenvalue weighted by atomic mass is 32.2. The van der Waals surface area contributed by atoms with Crippen LogP contribution < -0.4 is 5.32 Å². The van der Waals surface area contributed by atoms with Gasteiger partial charge in [0.15, 0.2) is 6.29 Å². The summed E-state index contributed by atoms with van der Waals surface area (Å²) in [6.07, 6.45) is 7.49. The molecule has 0 aromatic rings. The maximum absolute atomic E-state index is 13.2. The molecule has 8 heteroatoms. The van der Waals surface area contributed by atoms with Crippen LogP contribution in [0.1, 0.15) is 71.6 Å². The topological polar surface area (TPSA) is 88.1 Å². The summed E-state index contributed by atoms with van der Waals surface area (Å²) in [4.78, 5) is 27.6. The van der Waals surface area contributed by atoms with E-state index in [-0.39, 0.29) is 40.6 Å². The summed E-state index contributed by atoms with van der Waals surface area (Å²) < 4.78 is 12.7. The number of aliphatic hydroxyl groups is 1. The van der Waals surface area contributed by atoms with Crippen LogP contribution in [0.5, 0.6) is 0 Å². The van der Waals surface area contributed by atoms with Crippen molar-refractivity contribution in [1.29, 1.82) is 0 Å². The fourth-order valence-electron chi connectivity index (χ4n) is 8.04. The van der Waals surface area contributed by atoms with Crippen molar-refractivity contribution in [3.05, 3.63) is 0 Å². The summed E-state index contributed by atoms with van der Waals surface area (Å²) in [7, 11) is 0. The van der Waals surface area contributed by atoms with Crippen molar-refractivity contribution in [3.8, 4) is 0 Å². The molecule has 5 aliphatic rings. The smallest absolute Gasteiger partial charge is 0.223 e. The van der Waals surface area contributed by atoms with Crippen LogP contribution in [0.4, 0.5) is 0 Å². The molecule has 0 radical (unpaired) electrons. The average molecular weight is 509 g/mol. The van der Waals surface area contributed by atoms with E-state index in [1.807, 2.05) is 16.7 Å². The van der Waals surface area contributed by atoms with Gasteiger partial charge < -0.3 is 24.8 Å². The summed E-state index contributed by atoms with van der Waals surface area (Å²) in [6.45, 7) is 7.25. The van der Waals surface area contributed by atoms with Crippen LogP contribution in [0.2, 0.25) is 0 Å². The molecule has 7 nitrogen and oxygen atoms in total. The standard InChI is InChI=1S/C27H44N2O5S/c1-26-10-9-22-27(2,17-33-24(34-22)16-28-25(32)18-5-3-4-6-18)21(26)8-7-20(30)19(26)15-23(31)29-11-13-35-14-12-29/h18-22,24,30H,3-17H2,1-2H3,(H,28,32).